The Morgan fingerprint density at radius 3 is 2.15 bits per heavy atom. The van der Waals surface area contributed by atoms with Gasteiger partial charge < -0.3 is 22.1 Å². The lowest BCUT2D eigenvalue weighted by Gasteiger charge is -2.23. The Kier molecular flexibility index (Phi) is 9.54. The first-order valence-corrected chi connectivity index (χ1v) is 8.96. The van der Waals surface area contributed by atoms with Crippen molar-refractivity contribution in [2.75, 3.05) is 6.54 Å². The summed E-state index contributed by atoms with van der Waals surface area (Å²) in [4.78, 5) is 36.5. The van der Waals surface area contributed by atoms with E-state index in [9.17, 15) is 14.4 Å². The molecule has 6 N–H and O–H groups in total. The smallest absolute Gasteiger partial charge is 0.243 e. The fraction of sp³-hybridized carbons (Fsp3) is 0.526. The lowest BCUT2D eigenvalue weighted by atomic mass is 10.0. The van der Waals surface area contributed by atoms with Gasteiger partial charge in [0, 0.05) is 6.42 Å². The maximum Gasteiger partial charge on any atom is 0.243 e. The van der Waals surface area contributed by atoms with Crippen molar-refractivity contribution in [1.82, 2.24) is 10.6 Å². The molecule has 0 aliphatic rings. The second kappa shape index (κ2) is 11.4. The molecule has 7 nitrogen and oxygen atoms in total. The van der Waals surface area contributed by atoms with Gasteiger partial charge in [-0.3, -0.25) is 14.4 Å². The van der Waals surface area contributed by atoms with E-state index in [1.54, 1.807) is 6.92 Å². The molecule has 7 heteroatoms. The molecule has 0 radical (unpaired) electrons. The molecule has 3 atom stereocenters. The monoisotopic (exact) mass is 362 g/mol. The van der Waals surface area contributed by atoms with E-state index in [1.807, 2.05) is 30.3 Å². The largest absolute Gasteiger partial charge is 0.345 e. The number of nitrogens with one attached hydrogen (secondary N) is 2. The normalized spacial score (nSPS) is 14.2. The summed E-state index contributed by atoms with van der Waals surface area (Å²) in [6.45, 7) is 3.54. The van der Waals surface area contributed by atoms with Gasteiger partial charge in [-0.1, -0.05) is 30.3 Å². The van der Waals surface area contributed by atoms with Gasteiger partial charge in [-0.2, -0.15) is 0 Å². The number of hydrogen-bond donors (Lipinski definition) is 4. The average molecular weight is 362 g/mol. The van der Waals surface area contributed by atoms with E-state index in [1.165, 1.54) is 6.92 Å². The Hall–Kier alpha value is -2.25. The van der Waals surface area contributed by atoms with E-state index in [4.69, 9.17) is 11.5 Å². The first kappa shape index (κ1) is 21.8. The van der Waals surface area contributed by atoms with Crippen LogP contribution in [0.3, 0.4) is 0 Å². The van der Waals surface area contributed by atoms with Gasteiger partial charge in [0.25, 0.3) is 0 Å². The number of Topliss-reactive ketones (excluding diaryl/α,β-unsaturated/α-hetero) is 1. The van der Waals surface area contributed by atoms with Crippen molar-refractivity contribution >= 4 is 17.6 Å². The number of unbranched alkanes of at least 4 members (excludes halogenated alkanes) is 1. The second-order valence-corrected chi connectivity index (χ2v) is 6.50. The van der Waals surface area contributed by atoms with Crippen LogP contribution in [0.15, 0.2) is 30.3 Å². The van der Waals surface area contributed by atoms with Gasteiger partial charge in [0.15, 0.2) is 5.78 Å². The molecule has 2 amide bonds. The summed E-state index contributed by atoms with van der Waals surface area (Å²) in [5, 5.41) is 5.42. The molecule has 26 heavy (non-hydrogen) atoms. The third-order valence-electron chi connectivity index (χ3n) is 4.08. The van der Waals surface area contributed by atoms with E-state index in [2.05, 4.69) is 10.6 Å². The van der Waals surface area contributed by atoms with Crippen molar-refractivity contribution < 1.29 is 14.4 Å². The molecule has 0 fully saturated rings. The van der Waals surface area contributed by atoms with E-state index < -0.39 is 29.9 Å². The molecule has 0 aromatic heterocycles. The minimum absolute atomic E-state index is 0.118. The van der Waals surface area contributed by atoms with Crippen LogP contribution in [0.2, 0.25) is 0 Å². The van der Waals surface area contributed by atoms with Crippen molar-refractivity contribution in [2.45, 2.75) is 57.7 Å². The topological polar surface area (TPSA) is 127 Å². The van der Waals surface area contributed by atoms with Gasteiger partial charge in [-0.05, 0) is 45.2 Å². The Bertz CT molecular complexity index is 590. The fourth-order valence-corrected chi connectivity index (χ4v) is 2.50. The number of benzene rings is 1. The van der Waals surface area contributed by atoms with Gasteiger partial charge in [-0.25, -0.2) is 0 Å². The zero-order valence-corrected chi connectivity index (χ0v) is 15.5. The third-order valence-corrected chi connectivity index (χ3v) is 4.08. The third kappa shape index (κ3) is 7.76. The van der Waals surface area contributed by atoms with Crippen molar-refractivity contribution in [3.63, 3.8) is 0 Å². The minimum Gasteiger partial charge on any atom is -0.345 e. The minimum atomic E-state index is -0.799. The molecule has 0 aliphatic carbocycles. The summed E-state index contributed by atoms with van der Waals surface area (Å²) in [5.41, 5.74) is 12.0. The molecule has 1 rings (SSSR count). The number of carbonyl (C=O) groups is 3. The first-order valence-electron chi connectivity index (χ1n) is 8.96. The quantitative estimate of drug-likeness (QED) is 0.420. The zero-order valence-electron chi connectivity index (χ0n) is 15.5. The number of ketones is 1. The summed E-state index contributed by atoms with van der Waals surface area (Å²) in [7, 11) is 0. The van der Waals surface area contributed by atoms with Crippen LogP contribution in [0, 0.1) is 0 Å². The summed E-state index contributed by atoms with van der Waals surface area (Å²) < 4.78 is 0. The van der Waals surface area contributed by atoms with Crippen LogP contribution in [0.5, 0.6) is 0 Å². The maximum atomic E-state index is 12.7. The number of nitrogens with two attached hydrogens (primary N) is 2. The molecule has 144 valence electrons. The van der Waals surface area contributed by atoms with E-state index >= 15 is 0 Å². The Morgan fingerprint density at radius 1 is 1.00 bits per heavy atom. The number of hydrogen-bond acceptors (Lipinski definition) is 5. The first-order chi connectivity index (χ1) is 12.3. The number of rotatable bonds is 11. The SMILES string of the molecule is CC(=O)C(CCCCN)NC(=O)[C@H](Cc1ccccc1)NC(=O)[C@@H](C)N. The Labute approximate surface area is 154 Å². The molecule has 0 spiro atoms. The molecule has 1 aromatic rings. The summed E-state index contributed by atoms with van der Waals surface area (Å²) in [6.07, 6.45) is 2.38. The Morgan fingerprint density at radius 2 is 1.62 bits per heavy atom. The molecule has 1 unspecified atom stereocenters. The van der Waals surface area contributed by atoms with Crippen molar-refractivity contribution in [3.05, 3.63) is 35.9 Å². The van der Waals surface area contributed by atoms with Crippen molar-refractivity contribution in [3.8, 4) is 0 Å². The molecule has 0 heterocycles. The number of carbonyl (C=O) groups excluding carboxylic acids is 3. The van der Waals surface area contributed by atoms with Crippen LogP contribution in [-0.4, -0.2) is 42.3 Å². The summed E-state index contributed by atoms with van der Waals surface area (Å²) in [6, 6.07) is 7.25. The van der Waals surface area contributed by atoms with Crippen LogP contribution in [0.4, 0.5) is 0 Å². The van der Waals surface area contributed by atoms with Crippen LogP contribution in [0.1, 0.15) is 38.7 Å². The highest BCUT2D eigenvalue weighted by atomic mass is 16.2. The van der Waals surface area contributed by atoms with Crippen molar-refractivity contribution in [2.24, 2.45) is 11.5 Å². The predicted octanol–water partition coefficient (Wildman–Crippen LogP) is 0.264. The predicted molar refractivity (Wildman–Crippen MR) is 101 cm³/mol. The molecular weight excluding hydrogens is 332 g/mol. The molecular formula is C19H30N4O3. The summed E-state index contributed by atoms with van der Waals surface area (Å²) in [5.74, 6) is -0.924. The van der Waals surface area contributed by atoms with Crippen LogP contribution in [-0.2, 0) is 20.8 Å². The van der Waals surface area contributed by atoms with E-state index in [0.29, 0.717) is 19.4 Å². The highest BCUT2D eigenvalue weighted by Crippen LogP contribution is 2.06. The van der Waals surface area contributed by atoms with Crippen LogP contribution in [0.25, 0.3) is 0 Å². The van der Waals surface area contributed by atoms with Gasteiger partial charge >= 0.3 is 0 Å². The molecule has 0 saturated carbocycles. The summed E-state index contributed by atoms with van der Waals surface area (Å²) >= 11 is 0. The Balaban J connectivity index is 2.83. The maximum absolute atomic E-state index is 12.7. The highest BCUT2D eigenvalue weighted by Gasteiger charge is 2.26. The van der Waals surface area contributed by atoms with E-state index in [0.717, 1.165) is 18.4 Å². The van der Waals surface area contributed by atoms with Gasteiger partial charge in [0.1, 0.15) is 6.04 Å². The van der Waals surface area contributed by atoms with Gasteiger partial charge in [0.05, 0.1) is 12.1 Å². The van der Waals surface area contributed by atoms with Crippen LogP contribution < -0.4 is 22.1 Å². The highest BCUT2D eigenvalue weighted by molar-refractivity contribution is 5.93. The molecule has 0 aliphatic heterocycles. The number of amides is 2. The lowest BCUT2D eigenvalue weighted by molar-refractivity contribution is -0.131. The fourth-order valence-electron chi connectivity index (χ4n) is 2.50. The second-order valence-electron chi connectivity index (χ2n) is 6.50. The average Bonchev–Trinajstić information content (AvgIpc) is 2.60. The zero-order chi connectivity index (χ0) is 19.5. The van der Waals surface area contributed by atoms with Crippen LogP contribution >= 0.6 is 0 Å². The van der Waals surface area contributed by atoms with Gasteiger partial charge in [-0.15, -0.1) is 0 Å². The lowest BCUT2D eigenvalue weighted by Crippen LogP contribution is -2.54. The van der Waals surface area contributed by atoms with E-state index in [-0.39, 0.29) is 5.78 Å². The molecule has 0 bridgehead atoms. The molecule has 1 aromatic carbocycles. The van der Waals surface area contributed by atoms with Gasteiger partial charge in [0.2, 0.25) is 11.8 Å². The molecule has 0 saturated heterocycles. The standard InChI is InChI=1S/C19H30N4O3/c1-13(21)18(25)23-17(12-15-8-4-3-5-9-15)19(26)22-16(14(2)24)10-6-7-11-20/h3-5,8-9,13,16-17H,6-7,10-12,20-21H2,1-2H3,(H,22,26)(H,23,25)/t13-,16?,17+/m1/s1. The van der Waals surface area contributed by atoms with Crippen molar-refractivity contribution in [1.29, 1.82) is 0 Å².